The van der Waals surface area contributed by atoms with E-state index in [0.717, 1.165) is 18.2 Å². The van der Waals surface area contributed by atoms with Crippen LogP contribution in [0.1, 0.15) is 27.7 Å². The maximum Gasteiger partial charge on any atom is 0.416 e. The van der Waals surface area contributed by atoms with Gasteiger partial charge in [0, 0.05) is 12.6 Å². The van der Waals surface area contributed by atoms with Crippen LogP contribution >= 0.6 is 0 Å². The maximum atomic E-state index is 13.0. The average Bonchev–Trinajstić information content (AvgIpc) is 2.67. The number of halogens is 3. The van der Waals surface area contributed by atoms with Gasteiger partial charge in [-0.3, -0.25) is 9.59 Å². The minimum atomic E-state index is -4.45. The summed E-state index contributed by atoms with van der Waals surface area (Å²) in [6.07, 6.45) is -4.45. The van der Waals surface area contributed by atoms with E-state index in [1.165, 1.54) is 6.07 Å². The lowest BCUT2D eigenvalue weighted by Gasteiger charge is -2.25. The SMILES string of the molecule is CN(C)[C@@H](CNC(=O)c1cc(=O)c2ccccc2o1)c1cccc(C(F)(F)F)c1. The minimum absolute atomic E-state index is 0.0314. The van der Waals surface area contributed by atoms with Crippen LogP contribution in [0.5, 0.6) is 0 Å². The lowest BCUT2D eigenvalue weighted by atomic mass is 10.0. The summed E-state index contributed by atoms with van der Waals surface area (Å²) in [6, 6.07) is 12.1. The van der Waals surface area contributed by atoms with E-state index >= 15 is 0 Å². The Hall–Kier alpha value is -3.13. The Morgan fingerprint density at radius 3 is 2.52 bits per heavy atom. The average molecular weight is 404 g/mol. The number of rotatable bonds is 5. The van der Waals surface area contributed by atoms with Crippen molar-refractivity contribution in [3.8, 4) is 0 Å². The molecule has 0 fully saturated rings. The Bertz CT molecular complexity index is 1090. The zero-order valence-electron chi connectivity index (χ0n) is 15.8. The Morgan fingerprint density at radius 2 is 1.83 bits per heavy atom. The fourth-order valence-corrected chi connectivity index (χ4v) is 3.01. The summed E-state index contributed by atoms with van der Waals surface area (Å²) in [5, 5.41) is 2.99. The van der Waals surface area contributed by atoms with Crippen LogP contribution in [-0.2, 0) is 6.18 Å². The van der Waals surface area contributed by atoms with Gasteiger partial charge in [-0.15, -0.1) is 0 Å². The van der Waals surface area contributed by atoms with Crippen LogP contribution in [0.15, 0.2) is 63.8 Å². The third-order valence-corrected chi connectivity index (χ3v) is 4.54. The van der Waals surface area contributed by atoms with Crippen molar-refractivity contribution in [2.45, 2.75) is 12.2 Å². The van der Waals surface area contributed by atoms with E-state index in [9.17, 15) is 22.8 Å². The number of carbonyl (C=O) groups excluding carboxylic acids is 1. The second kappa shape index (κ2) is 8.08. The molecule has 0 bridgehead atoms. The number of alkyl halides is 3. The molecule has 1 amide bonds. The number of nitrogens with zero attached hydrogens (tertiary/aromatic N) is 1. The first-order valence-electron chi connectivity index (χ1n) is 8.81. The minimum Gasteiger partial charge on any atom is -0.451 e. The Kier molecular flexibility index (Phi) is 5.74. The molecule has 152 valence electrons. The monoisotopic (exact) mass is 404 g/mol. The summed E-state index contributed by atoms with van der Waals surface area (Å²) in [6.45, 7) is 0.0314. The summed E-state index contributed by atoms with van der Waals surface area (Å²) in [7, 11) is 3.40. The molecule has 0 aliphatic rings. The van der Waals surface area contributed by atoms with E-state index in [-0.39, 0.29) is 23.3 Å². The van der Waals surface area contributed by atoms with Crippen molar-refractivity contribution in [3.05, 3.63) is 81.7 Å². The molecular formula is C21H19F3N2O3. The van der Waals surface area contributed by atoms with Gasteiger partial charge in [-0.05, 0) is 43.9 Å². The topological polar surface area (TPSA) is 62.6 Å². The molecule has 29 heavy (non-hydrogen) atoms. The molecule has 0 aliphatic carbocycles. The molecule has 0 aliphatic heterocycles. The van der Waals surface area contributed by atoms with Crippen LogP contribution in [0.2, 0.25) is 0 Å². The number of benzene rings is 2. The number of hydrogen-bond donors (Lipinski definition) is 1. The number of para-hydroxylation sites is 1. The molecule has 0 radical (unpaired) electrons. The number of fused-ring (bicyclic) bond motifs is 1. The first-order chi connectivity index (χ1) is 13.7. The van der Waals surface area contributed by atoms with Gasteiger partial charge >= 0.3 is 6.18 Å². The van der Waals surface area contributed by atoms with Crippen LogP contribution in [0.3, 0.4) is 0 Å². The molecule has 8 heteroatoms. The predicted molar refractivity (Wildman–Crippen MR) is 103 cm³/mol. The molecule has 0 spiro atoms. The highest BCUT2D eigenvalue weighted by atomic mass is 19.4. The molecule has 0 saturated carbocycles. The van der Waals surface area contributed by atoms with E-state index in [4.69, 9.17) is 4.42 Å². The van der Waals surface area contributed by atoms with Gasteiger partial charge < -0.3 is 14.6 Å². The van der Waals surface area contributed by atoms with Crippen molar-refractivity contribution in [2.75, 3.05) is 20.6 Å². The van der Waals surface area contributed by atoms with Gasteiger partial charge in [0.05, 0.1) is 17.0 Å². The fourth-order valence-electron chi connectivity index (χ4n) is 3.01. The Balaban J connectivity index is 1.81. The van der Waals surface area contributed by atoms with Gasteiger partial charge in [-0.1, -0.05) is 24.3 Å². The predicted octanol–water partition coefficient (Wildman–Crippen LogP) is 3.84. The molecule has 3 aromatic rings. The molecular weight excluding hydrogens is 385 g/mol. The van der Waals surface area contributed by atoms with E-state index in [1.54, 1.807) is 49.3 Å². The van der Waals surface area contributed by atoms with Gasteiger partial charge in [0.15, 0.2) is 11.2 Å². The first-order valence-corrected chi connectivity index (χ1v) is 8.81. The van der Waals surface area contributed by atoms with E-state index in [2.05, 4.69) is 5.32 Å². The largest absolute Gasteiger partial charge is 0.451 e. The highest BCUT2D eigenvalue weighted by Gasteiger charge is 2.31. The molecule has 1 N–H and O–H groups in total. The van der Waals surface area contributed by atoms with Gasteiger partial charge in [-0.25, -0.2) is 0 Å². The van der Waals surface area contributed by atoms with Crippen molar-refractivity contribution in [3.63, 3.8) is 0 Å². The molecule has 1 aromatic heterocycles. The highest BCUT2D eigenvalue weighted by Crippen LogP contribution is 2.31. The number of likely N-dealkylation sites (N-methyl/N-ethyl adjacent to an activating group) is 1. The smallest absolute Gasteiger partial charge is 0.416 e. The highest BCUT2D eigenvalue weighted by molar-refractivity contribution is 5.93. The van der Waals surface area contributed by atoms with Crippen LogP contribution < -0.4 is 10.7 Å². The van der Waals surface area contributed by atoms with Crippen molar-refractivity contribution in [2.24, 2.45) is 0 Å². The van der Waals surface area contributed by atoms with E-state index < -0.39 is 23.7 Å². The van der Waals surface area contributed by atoms with E-state index in [0.29, 0.717) is 10.9 Å². The molecule has 2 aromatic carbocycles. The van der Waals surface area contributed by atoms with Crippen molar-refractivity contribution < 1.29 is 22.4 Å². The first kappa shape index (κ1) is 20.6. The van der Waals surface area contributed by atoms with Crippen LogP contribution in [0.4, 0.5) is 13.2 Å². The summed E-state index contributed by atoms with van der Waals surface area (Å²) >= 11 is 0. The van der Waals surface area contributed by atoms with Gasteiger partial charge in [0.25, 0.3) is 5.91 Å². The molecule has 0 unspecified atom stereocenters. The summed E-state index contributed by atoms with van der Waals surface area (Å²) in [4.78, 5) is 26.3. The van der Waals surface area contributed by atoms with Crippen LogP contribution in [0, 0.1) is 0 Å². The Labute approximate surface area is 164 Å². The van der Waals surface area contributed by atoms with Gasteiger partial charge in [-0.2, -0.15) is 13.2 Å². The molecule has 3 rings (SSSR count). The zero-order valence-corrected chi connectivity index (χ0v) is 15.8. The second-order valence-corrected chi connectivity index (χ2v) is 6.78. The van der Waals surface area contributed by atoms with Crippen molar-refractivity contribution in [1.29, 1.82) is 0 Å². The number of nitrogens with one attached hydrogen (secondary N) is 1. The molecule has 1 heterocycles. The lowest BCUT2D eigenvalue weighted by Crippen LogP contribution is -2.35. The van der Waals surface area contributed by atoms with Crippen molar-refractivity contribution >= 4 is 16.9 Å². The lowest BCUT2D eigenvalue weighted by molar-refractivity contribution is -0.137. The second-order valence-electron chi connectivity index (χ2n) is 6.78. The number of carbonyl (C=O) groups is 1. The molecule has 0 saturated heterocycles. The molecule has 5 nitrogen and oxygen atoms in total. The maximum absolute atomic E-state index is 13.0. The van der Waals surface area contributed by atoms with Gasteiger partial charge in [0.2, 0.25) is 0 Å². The summed E-state index contributed by atoms with van der Waals surface area (Å²) in [5.41, 5.74) is -0.412. The molecule has 1 atom stereocenters. The number of amides is 1. The standard InChI is InChI=1S/C21H19F3N2O3/c1-26(2)16(13-6-5-7-14(10-13)21(22,23)24)12-25-20(28)19-11-17(27)15-8-3-4-9-18(15)29-19/h3-11,16H,12H2,1-2H3,(H,25,28)/t16-/m0/s1. The van der Waals surface area contributed by atoms with Crippen LogP contribution in [0.25, 0.3) is 11.0 Å². The normalized spacial score (nSPS) is 12.9. The van der Waals surface area contributed by atoms with Gasteiger partial charge in [0.1, 0.15) is 5.58 Å². The summed E-state index contributed by atoms with van der Waals surface area (Å²) < 4.78 is 44.5. The fraction of sp³-hybridized carbons (Fsp3) is 0.238. The van der Waals surface area contributed by atoms with Crippen LogP contribution in [-0.4, -0.2) is 31.4 Å². The Morgan fingerprint density at radius 1 is 1.10 bits per heavy atom. The third kappa shape index (κ3) is 4.65. The third-order valence-electron chi connectivity index (χ3n) is 4.54. The van der Waals surface area contributed by atoms with E-state index in [1.807, 2.05) is 0 Å². The quantitative estimate of drug-likeness (QED) is 0.702. The van der Waals surface area contributed by atoms with Crippen molar-refractivity contribution in [1.82, 2.24) is 10.2 Å². The number of hydrogen-bond acceptors (Lipinski definition) is 4. The summed E-state index contributed by atoms with van der Waals surface area (Å²) in [5.74, 6) is -0.776. The zero-order chi connectivity index (χ0) is 21.2.